The highest BCUT2D eigenvalue weighted by molar-refractivity contribution is 7.98. The van der Waals surface area contributed by atoms with Crippen LogP contribution >= 0.6 is 23.1 Å². The zero-order valence-electron chi connectivity index (χ0n) is 11.9. The standard InChI is InChI=1S/C13H20N4S2/c1-5-6-10-14-9(7-18-10)8-19-12-15-11(16-17-12)13(2,3)4/h7H,5-6,8H2,1-4H3,(H,15,16,17). The number of thiazole rings is 1. The molecule has 0 saturated carbocycles. The topological polar surface area (TPSA) is 54.5 Å². The fourth-order valence-electron chi connectivity index (χ4n) is 1.53. The largest absolute Gasteiger partial charge is 0.262 e. The summed E-state index contributed by atoms with van der Waals surface area (Å²) in [5, 5.41) is 11.4. The van der Waals surface area contributed by atoms with Crippen molar-refractivity contribution in [1.29, 1.82) is 0 Å². The van der Waals surface area contributed by atoms with Crippen molar-refractivity contribution in [3.05, 3.63) is 21.9 Å². The molecule has 0 radical (unpaired) electrons. The minimum Gasteiger partial charge on any atom is -0.262 e. The van der Waals surface area contributed by atoms with Crippen LogP contribution in [-0.4, -0.2) is 20.2 Å². The number of aromatic nitrogens is 4. The average molecular weight is 296 g/mol. The maximum atomic E-state index is 4.60. The molecule has 0 atom stereocenters. The van der Waals surface area contributed by atoms with Crippen LogP contribution in [-0.2, 0) is 17.6 Å². The average Bonchev–Trinajstić information content (AvgIpc) is 2.94. The highest BCUT2D eigenvalue weighted by Crippen LogP contribution is 2.24. The Morgan fingerprint density at radius 1 is 1.32 bits per heavy atom. The molecule has 0 spiro atoms. The molecule has 2 aromatic heterocycles. The zero-order valence-corrected chi connectivity index (χ0v) is 13.5. The van der Waals surface area contributed by atoms with Crippen LogP contribution in [0.4, 0.5) is 0 Å². The van der Waals surface area contributed by atoms with Gasteiger partial charge in [-0.1, -0.05) is 39.5 Å². The molecule has 0 aliphatic heterocycles. The molecule has 0 fully saturated rings. The highest BCUT2D eigenvalue weighted by Gasteiger charge is 2.18. The monoisotopic (exact) mass is 296 g/mol. The third-order valence-corrected chi connectivity index (χ3v) is 4.43. The maximum absolute atomic E-state index is 4.60. The lowest BCUT2D eigenvalue weighted by Gasteiger charge is -2.12. The van der Waals surface area contributed by atoms with Crippen molar-refractivity contribution >= 4 is 23.1 Å². The molecule has 0 unspecified atom stereocenters. The van der Waals surface area contributed by atoms with Crippen LogP contribution in [0.25, 0.3) is 0 Å². The first kappa shape index (κ1) is 14.5. The first-order valence-electron chi connectivity index (χ1n) is 6.48. The van der Waals surface area contributed by atoms with Gasteiger partial charge in [0, 0.05) is 16.5 Å². The van der Waals surface area contributed by atoms with E-state index < -0.39 is 0 Å². The van der Waals surface area contributed by atoms with Crippen molar-refractivity contribution in [2.24, 2.45) is 0 Å². The predicted molar refractivity (Wildman–Crippen MR) is 80.8 cm³/mol. The number of aryl methyl sites for hydroxylation is 1. The molecule has 2 heterocycles. The Kier molecular flexibility index (Phi) is 4.62. The second-order valence-corrected chi connectivity index (χ2v) is 7.37. The van der Waals surface area contributed by atoms with E-state index in [2.05, 4.69) is 53.2 Å². The molecule has 19 heavy (non-hydrogen) atoms. The van der Waals surface area contributed by atoms with Gasteiger partial charge in [0.15, 0.2) is 0 Å². The molecule has 0 aliphatic carbocycles. The van der Waals surface area contributed by atoms with Crippen LogP contribution in [0.1, 0.15) is 50.6 Å². The smallest absolute Gasteiger partial charge is 0.208 e. The minimum absolute atomic E-state index is 0.0146. The summed E-state index contributed by atoms with van der Waals surface area (Å²) in [6, 6.07) is 0. The molecular formula is C13H20N4S2. The summed E-state index contributed by atoms with van der Waals surface area (Å²) >= 11 is 3.38. The molecule has 1 N–H and O–H groups in total. The lowest BCUT2D eigenvalue weighted by molar-refractivity contribution is 0.547. The highest BCUT2D eigenvalue weighted by atomic mass is 32.2. The van der Waals surface area contributed by atoms with Crippen LogP contribution in [0.3, 0.4) is 0 Å². The Bertz CT molecular complexity index is 525. The Hall–Kier alpha value is -0.880. The Labute approximate surface area is 122 Å². The van der Waals surface area contributed by atoms with Gasteiger partial charge in [-0.3, -0.25) is 5.10 Å². The second kappa shape index (κ2) is 6.05. The normalized spacial score (nSPS) is 12.0. The van der Waals surface area contributed by atoms with Crippen LogP contribution in [0.2, 0.25) is 0 Å². The summed E-state index contributed by atoms with van der Waals surface area (Å²) in [7, 11) is 0. The maximum Gasteiger partial charge on any atom is 0.208 e. The third-order valence-electron chi connectivity index (χ3n) is 2.59. The van der Waals surface area contributed by atoms with Gasteiger partial charge < -0.3 is 0 Å². The van der Waals surface area contributed by atoms with Crippen LogP contribution < -0.4 is 0 Å². The zero-order chi connectivity index (χ0) is 13.9. The Morgan fingerprint density at radius 3 is 2.74 bits per heavy atom. The SMILES string of the molecule is CCCc1nc(CSc2n[nH]c(C(C)(C)C)n2)cs1. The van der Waals surface area contributed by atoms with Gasteiger partial charge in [0.1, 0.15) is 5.82 Å². The molecule has 0 amide bonds. The lowest BCUT2D eigenvalue weighted by atomic mass is 9.96. The molecular weight excluding hydrogens is 276 g/mol. The van der Waals surface area contributed by atoms with Gasteiger partial charge in [-0.05, 0) is 12.8 Å². The Balaban J connectivity index is 1.93. The number of nitrogens with zero attached hydrogens (tertiary/aromatic N) is 3. The van der Waals surface area contributed by atoms with Gasteiger partial charge in [0.2, 0.25) is 5.16 Å². The lowest BCUT2D eigenvalue weighted by Crippen LogP contribution is -2.13. The first-order valence-corrected chi connectivity index (χ1v) is 8.34. The number of aromatic amines is 1. The van der Waals surface area contributed by atoms with Crippen LogP contribution in [0, 0.1) is 0 Å². The number of rotatable bonds is 5. The number of nitrogens with one attached hydrogen (secondary N) is 1. The summed E-state index contributed by atoms with van der Waals surface area (Å²) in [4.78, 5) is 9.11. The van der Waals surface area contributed by atoms with Gasteiger partial charge in [-0.2, -0.15) is 0 Å². The van der Waals surface area contributed by atoms with E-state index in [4.69, 9.17) is 0 Å². The molecule has 6 heteroatoms. The van der Waals surface area contributed by atoms with E-state index in [1.54, 1.807) is 23.1 Å². The van der Waals surface area contributed by atoms with E-state index in [1.807, 2.05) is 0 Å². The van der Waals surface area contributed by atoms with Crippen LogP contribution in [0.15, 0.2) is 10.5 Å². The number of H-pyrrole nitrogens is 1. The summed E-state index contributed by atoms with van der Waals surface area (Å²) in [6.45, 7) is 8.55. The van der Waals surface area contributed by atoms with E-state index in [1.165, 1.54) is 5.01 Å². The fourth-order valence-corrected chi connectivity index (χ4v) is 3.23. The van der Waals surface area contributed by atoms with E-state index >= 15 is 0 Å². The van der Waals surface area contributed by atoms with E-state index in [0.717, 1.165) is 35.3 Å². The quantitative estimate of drug-likeness (QED) is 0.853. The second-order valence-electron chi connectivity index (χ2n) is 5.49. The van der Waals surface area contributed by atoms with Gasteiger partial charge in [-0.15, -0.1) is 16.4 Å². The van der Waals surface area contributed by atoms with E-state index in [0.29, 0.717) is 0 Å². The number of thioether (sulfide) groups is 1. The van der Waals surface area contributed by atoms with Crippen molar-refractivity contribution in [3.63, 3.8) is 0 Å². The predicted octanol–water partition coefficient (Wildman–Crippen LogP) is 3.80. The van der Waals surface area contributed by atoms with Crippen molar-refractivity contribution in [3.8, 4) is 0 Å². The van der Waals surface area contributed by atoms with Gasteiger partial charge in [-0.25, -0.2) is 9.97 Å². The molecule has 0 saturated heterocycles. The van der Waals surface area contributed by atoms with Gasteiger partial charge in [0.05, 0.1) is 10.7 Å². The first-order chi connectivity index (χ1) is 8.99. The molecule has 104 valence electrons. The van der Waals surface area contributed by atoms with Crippen molar-refractivity contribution in [1.82, 2.24) is 20.2 Å². The molecule has 0 aromatic carbocycles. The van der Waals surface area contributed by atoms with Crippen LogP contribution in [0.5, 0.6) is 0 Å². The molecule has 2 rings (SSSR count). The molecule has 0 bridgehead atoms. The summed E-state index contributed by atoms with van der Waals surface area (Å²) in [5.74, 6) is 1.77. The van der Waals surface area contributed by atoms with Crippen molar-refractivity contribution < 1.29 is 0 Å². The summed E-state index contributed by atoms with van der Waals surface area (Å²) in [6.07, 6.45) is 2.22. The summed E-state index contributed by atoms with van der Waals surface area (Å²) < 4.78 is 0. The van der Waals surface area contributed by atoms with Crippen molar-refractivity contribution in [2.45, 2.75) is 56.9 Å². The van der Waals surface area contributed by atoms with E-state index in [-0.39, 0.29) is 5.41 Å². The fraction of sp³-hybridized carbons (Fsp3) is 0.615. The molecule has 2 aromatic rings. The van der Waals surface area contributed by atoms with Crippen molar-refractivity contribution in [2.75, 3.05) is 0 Å². The Morgan fingerprint density at radius 2 is 2.11 bits per heavy atom. The van der Waals surface area contributed by atoms with Gasteiger partial charge >= 0.3 is 0 Å². The third kappa shape index (κ3) is 4.04. The van der Waals surface area contributed by atoms with E-state index in [9.17, 15) is 0 Å². The molecule has 4 nitrogen and oxygen atoms in total. The van der Waals surface area contributed by atoms with Gasteiger partial charge in [0.25, 0.3) is 0 Å². The molecule has 0 aliphatic rings. The summed E-state index contributed by atoms with van der Waals surface area (Å²) in [5.41, 5.74) is 1.14. The number of hydrogen-bond acceptors (Lipinski definition) is 5. The minimum atomic E-state index is 0.0146. The number of hydrogen-bond donors (Lipinski definition) is 1.